The third-order valence-electron chi connectivity index (χ3n) is 5.93. The summed E-state index contributed by atoms with van der Waals surface area (Å²) < 4.78 is 32.6. The molecule has 1 aliphatic heterocycles. The van der Waals surface area contributed by atoms with Crippen molar-refractivity contribution < 1.29 is 17.7 Å². The number of thiophene rings is 1. The summed E-state index contributed by atoms with van der Waals surface area (Å²) in [6.45, 7) is 0.565. The number of carbonyl (C=O) groups excluding carboxylic acids is 1. The number of benzene rings is 2. The smallest absolute Gasteiger partial charge is 0.243 e. The molecular formula is C25H21N5O4S2. The van der Waals surface area contributed by atoms with Gasteiger partial charge in [0.25, 0.3) is 0 Å². The van der Waals surface area contributed by atoms with Crippen LogP contribution in [0.3, 0.4) is 0 Å². The number of nitrogen functional groups attached to an aromatic ring is 1. The highest BCUT2D eigenvalue weighted by molar-refractivity contribution is 7.89. The van der Waals surface area contributed by atoms with Gasteiger partial charge >= 0.3 is 0 Å². The second kappa shape index (κ2) is 9.58. The maximum Gasteiger partial charge on any atom is 0.243 e. The number of sulfonamides is 1. The molecule has 4 aromatic rings. The highest BCUT2D eigenvalue weighted by Crippen LogP contribution is 2.38. The zero-order valence-electron chi connectivity index (χ0n) is 18.9. The van der Waals surface area contributed by atoms with Crippen molar-refractivity contribution in [3.63, 3.8) is 0 Å². The number of ketones is 1. The van der Waals surface area contributed by atoms with Crippen LogP contribution in [0.2, 0.25) is 0 Å². The van der Waals surface area contributed by atoms with E-state index < -0.39 is 15.8 Å². The maximum absolute atomic E-state index is 13.1. The van der Waals surface area contributed by atoms with Crippen molar-refractivity contribution in [2.45, 2.75) is 17.4 Å². The van der Waals surface area contributed by atoms with Gasteiger partial charge < -0.3 is 15.6 Å². The van der Waals surface area contributed by atoms with E-state index in [2.05, 4.69) is 16.5 Å². The van der Waals surface area contributed by atoms with Crippen LogP contribution in [0, 0.1) is 11.3 Å². The number of nitrogens with two attached hydrogens (primary N) is 1. The molecule has 0 aliphatic carbocycles. The molecule has 3 N–H and O–H groups in total. The van der Waals surface area contributed by atoms with E-state index in [1.165, 1.54) is 4.31 Å². The topological polar surface area (TPSA) is 142 Å². The second-order valence-electron chi connectivity index (χ2n) is 8.24. The van der Waals surface area contributed by atoms with Gasteiger partial charge in [0.2, 0.25) is 21.6 Å². The minimum Gasteiger partial charge on any atom is -0.396 e. The summed E-state index contributed by atoms with van der Waals surface area (Å²) in [4.78, 5) is 13.5. The van der Waals surface area contributed by atoms with Gasteiger partial charge in [0, 0.05) is 30.8 Å². The van der Waals surface area contributed by atoms with Crippen LogP contribution in [0.15, 0.2) is 76.1 Å². The van der Waals surface area contributed by atoms with Crippen LogP contribution in [0.4, 0.5) is 10.7 Å². The number of rotatable bonds is 7. The van der Waals surface area contributed by atoms with Crippen LogP contribution in [-0.2, 0) is 10.0 Å². The Morgan fingerprint density at radius 3 is 2.56 bits per heavy atom. The molecule has 36 heavy (non-hydrogen) atoms. The van der Waals surface area contributed by atoms with Gasteiger partial charge in [-0.15, -0.1) is 11.3 Å². The normalized spacial score (nSPS) is 16.0. The summed E-state index contributed by atoms with van der Waals surface area (Å²) in [6, 6.07) is 20.9. The third-order valence-corrected chi connectivity index (χ3v) is 8.95. The third kappa shape index (κ3) is 4.37. The second-order valence-corrected chi connectivity index (χ2v) is 11.2. The zero-order chi connectivity index (χ0) is 25.3. The lowest BCUT2D eigenvalue weighted by atomic mass is 10.1. The van der Waals surface area contributed by atoms with Crippen molar-refractivity contribution >= 4 is 37.8 Å². The van der Waals surface area contributed by atoms with Crippen LogP contribution < -0.4 is 11.1 Å². The zero-order valence-corrected chi connectivity index (χ0v) is 20.6. The maximum atomic E-state index is 13.1. The van der Waals surface area contributed by atoms with Gasteiger partial charge in [-0.1, -0.05) is 53.7 Å². The molecular weight excluding hydrogens is 498 g/mol. The Hall–Kier alpha value is -3.98. The van der Waals surface area contributed by atoms with Gasteiger partial charge in [0.15, 0.2) is 0 Å². The molecule has 2 aromatic carbocycles. The first kappa shape index (κ1) is 23.7. The first-order chi connectivity index (χ1) is 17.4. The number of hydrogen-bond donors (Lipinski definition) is 2. The summed E-state index contributed by atoms with van der Waals surface area (Å²) >= 11 is 1.05. The summed E-state index contributed by atoms with van der Waals surface area (Å²) in [5, 5.41) is 17.3. The largest absolute Gasteiger partial charge is 0.396 e. The summed E-state index contributed by atoms with van der Waals surface area (Å²) in [5.74, 6) is -0.463. The number of anilines is 2. The first-order valence-electron chi connectivity index (χ1n) is 11.1. The minimum absolute atomic E-state index is 0.0128. The van der Waals surface area contributed by atoms with Crippen molar-refractivity contribution in [1.82, 2.24) is 9.46 Å². The molecule has 0 spiro atoms. The van der Waals surface area contributed by atoms with Gasteiger partial charge in [0.05, 0.1) is 10.6 Å². The Morgan fingerprint density at radius 2 is 1.86 bits per heavy atom. The quantitative estimate of drug-likeness (QED) is 0.349. The predicted molar refractivity (Wildman–Crippen MR) is 136 cm³/mol. The van der Waals surface area contributed by atoms with Gasteiger partial charge in [0.1, 0.15) is 27.2 Å². The lowest BCUT2D eigenvalue weighted by Crippen LogP contribution is -2.31. The lowest BCUT2D eigenvalue weighted by molar-refractivity contribution is 0.100. The van der Waals surface area contributed by atoms with E-state index in [9.17, 15) is 18.5 Å². The standard InChI is InChI=1S/C25H21N5O4S2/c26-14-19-22(27)24(23(31)21-13-20(29-34-21)16-7-3-1-4-8-16)35-25(19)28-17-11-12-30(15-17)36(32,33)18-9-5-2-6-10-18/h1-10,13,17,28H,11-12,15,27H2. The molecule has 9 nitrogen and oxygen atoms in total. The average Bonchev–Trinajstić information content (AvgIpc) is 3.64. The van der Waals surface area contributed by atoms with Crippen molar-refractivity contribution in [3.8, 4) is 17.3 Å². The summed E-state index contributed by atoms with van der Waals surface area (Å²) in [6.07, 6.45) is 0.542. The van der Waals surface area contributed by atoms with E-state index in [-0.39, 0.29) is 39.4 Å². The molecule has 11 heteroatoms. The van der Waals surface area contributed by atoms with Crippen molar-refractivity contribution in [3.05, 3.63) is 82.9 Å². The number of aromatic nitrogens is 1. The molecule has 3 heterocycles. The van der Waals surface area contributed by atoms with E-state index >= 15 is 0 Å². The van der Waals surface area contributed by atoms with Crippen LogP contribution in [0.1, 0.15) is 27.4 Å². The molecule has 1 unspecified atom stereocenters. The fourth-order valence-electron chi connectivity index (χ4n) is 4.06. The number of hydrogen-bond acceptors (Lipinski definition) is 9. The Labute approximate surface area is 211 Å². The fourth-order valence-corrected chi connectivity index (χ4v) is 6.67. The number of carbonyl (C=O) groups is 1. The average molecular weight is 520 g/mol. The van der Waals surface area contributed by atoms with Crippen LogP contribution in [-0.4, -0.2) is 42.8 Å². The van der Waals surface area contributed by atoms with Crippen molar-refractivity contribution in [2.24, 2.45) is 0 Å². The number of nitrogens with zero attached hydrogens (tertiary/aromatic N) is 3. The Balaban J connectivity index is 1.35. The molecule has 2 aromatic heterocycles. The molecule has 0 radical (unpaired) electrons. The van der Waals surface area contributed by atoms with Gasteiger partial charge in [-0.25, -0.2) is 8.42 Å². The fraction of sp³-hybridized carbons (Fsp3) is 0.160. The minimum atomic E-state index is -3.62. The van der Waals surface area contributed by atoms with Crippen molar-refractivity contribution in [2.75, 3.05) is 24.1 Å². The van der Waals surface area contributed by atoms with Gasteiger partial charge in [-0.3, -0.25) is 4.79 Å². The predicted octanol–water partition coefficient (Wildman–Crippen LogP) is 3.96. The van der Waals surface area contributed by atoms with Crippen molar-refractivity contribution in [1.29, 1.82) is 5.26 Å². The molecule has 0 bridgehead atoms. The molecule has 1 saturated heterocycles. The molecule has 0 amide bonds. The first-order valence-corrected chi connectivity index (χ1v) is 13.3. The van der Waals surface area contributed by atoms with Crippen LogP contribution in [0.25, 0.3) is 11.3 Å². The van der Waals surface area contributed by atoms with E-state index in [1.54, 1.807) is 36.4 Å². The van der Waals surface area contributed by atoms with E-state index in [1.807, 2.05) is 30.3 Å². The lowest BCUT2D eigenvalue weighted by Gasteiger charge is -2.17. The Kier molecular flexibility index (Phi) is 6.32. The van der Waals surface area contributed by atoms with Gasteiger partial charge in [-0.2, -0.15) is 9.57 Å². The van der Waals surface area contributed by atoms with E-state index in [4.69, 9.17) is 10.3 Å². The SMILES string of the molecule is N#Cc1c(NC2CCN(S(=O)(=O)c3ccccc3)C2)sc(C(=O)c2cc(-c3ccccc3)no2)c1N. The highest BCUT2D eigenvalue weighted by atomic mass is 32.2. The Bertz CT molecular complexity index is 1560. The van der Waals surface area contributed by atoms with Gasteiger partial charge in [-0.05, 0) is 18.6 Å². The molecule has 0 saturated carbocycles. The Morgan fingerprint density at radius 1 is 1.17 bits per heavy atom. The molecule has 1 aliphatic rings. The van der Waals surface area contributed by atoms with Crippen LogP contribution >= 0.6 is 11.3 Å². The summed E-state index contributed by atoms with van der Waals surface area (Å²) in [7, 11) is -3.62. The van der Waals surface area contributed by atoms with E-state index in [0.717, 1.165) is 16.9 Å². The summed E-state index contributed by atoms with van der Waals surface area (Å²) in [5.41, 5.74) is 7.69. The molecule has 1 atom stereocenters. The molecule has 5 rings (SSSR count). The highest BCUT2D eigenvalue weighted by Gasteiger charge is 2.34. The van der Waals surface area contributed by atoms with E-state index in [0.29, 0.717) is 23.7 Å². The molecule has 182 valence electrons. The number of nitriles is 1. The monoisotopic (exact) mass is 519 g/mol. The van der Waals surface area contributed by atoms with Crippen LogP contribution in [0.5, 0.6) is 0 Å². The molecule has 1 fully saturated rings. The number of nitrogens with one attached hydrogen (secondary N) is 1.